The summed E-state index contributed by atoms with van der Waals surface area (Å²) >= 11 is 1.49. The summed E-state index contributed by atoms with van der Waals surface area (Å²) in [5.41, 5.74) is 3.59. The fourth-order valence-electron chi connectivity index (χ4n) is 6.07. The van der Waals surface area contributed by atoms with Crippen LogP contribution in [0.1, 0.15) is 50.8 Å². The SMILES string of the molecule is C=CC(=O)N[C@H]1CCC[C@H]1NC(=O)C1=C2NC(=O)N(c3cnc(CC(C)C)cc3C)C3CCNC(S1)C23. The molecule has 4 aliphatic rings. The number of anilines is 1. The highest BCUT2D eigenvalue weighted by Crippen LogP contribution is 2.48. The quantitative estimate of drug-likeness (QED) is 0.408. The van der Waals surface area contributed by atoms with Gasteiger partial charge in [-0.05, 0) is 69.2 Å². The fraction of sp³-hybridized carbons (Fsp3) is 0.556. The Bertz CT molecular complexity index is 1150. The summed E-state index contributed by atoms with van der Waals surface area (Å²) < 4.78 is 0. The van der Waals surface area contributed by atoms with Crippen molar-refractivity contribution in [3.8, 4) is 0 Å². The number of aryl methyl sites for hydroxylation is 1. The molecule has 0 aromatic carbocycles. The van der Waals surface area contributed by atoms with Gasteiger partial charge in [0.1, 0.15) is 0 Å². The second-order valence-corrected chi connectivity index (χ2v) is 12.0. The third-order valence-corrected chi connectivity index (χ3v) is 9.06. The predicted molar refractivity (Wildman–Crippen MR) is 145 cm³/mol. The molecular formula is C27H36N6O3S. The maximum absolute atomic E-state index is 13.5. The number of hydrogen-bond donors (Lipinski definition) is 4. The first-order valence-corrected chi connectivity index (χ1v) is 14.1. The van der Waals surface area contributed by atoms with Crippen molar-refractivity contribution in [3.63, 3.8) is 0 Å². The van der Waals surface area contributed by atoms with E-state index in [0.717, 1.165) is 55.6 Å². The number of rotatable bonds is 7. The van der Waals surface area contributed by atoms with E-state index in [0.29, 0.717) is 16.5 Å². The molecule has 5 atom stereocenters. The molecule has 1 aromatic rings. The minimum absolute atomic E-state index is 0.00548. The van der Waals surface area contributed by atoms with Crippen molar-refractivity contribution in [2.75, 3.05) is 11.4 Å². The topological polar surface area (TPSA) is 115 Å². The van der Waals surface area contributed by atoms with Gasteiger partial charge in [-0.3, -0.25) is 19.5 Å². The van der Waals surface area contributed by atoms with Crippen molar-refractivity contribution in [3.05, 3.63) is 46.8 Å². The zero-order valence-corrected chi connectivity index (χ0v) is 22.5. The molecule has 4 N–H and O–H groups in total. The Balaban J connectivity index is 1.38. The maximum Gasteiger partial charge on any atom is 0.326 e. The number of pyridine rings is 1. The molecule has 9 nitrogen and oxygen atoms in total. The Morgan fingerprint density at radius 3 is 2.73 bits per heavy atom. The molecule has 3 unspecified atom stereocenters. The Morgan fingerprint density at radius 1 is 1.27 bits per heavy atom. The lowest BCUT2D eigenvalue weighted by molar-refractivity contribution is -0.119. The molecule has 0 radical (unpaired) electrons. The van der Waals surface area contributed by atoms with Crippen molar-refractivity contribution >= 4 is 35.3 Å². The van der Waals surface area contributed by atoms with Crippen molar-refractivity contribution in [2.24, 2.45) is 11.8 Å². The van der Waals surface area contributed by atoms with Gasteiger partial charge in [0.2, 0.25) is 5.91 Å². The molecule has 37 heavy (non-hydrogen) atoms. The highest BCUT2D eigenvalue weighted by atomic mass is 32.2. The van der Waals surface area contributed by atoms with Crippen LogP contribution in [0.3, 0.4) is 0 Å². The number of urea groups is 1. The normalized spacial score (nSPS) is 28.7. The Hall–Kier alpha value is -2.85. The van der Waals surface area contributed by atoms with Gasteiger partial charge in [0, 0.05) is 29.4 Å². The highest BCUT2D eigenvalue weighted by molar-refractivity contribution is 8.04. The zero-order valence-electron chi connectivity index (χ0n) is 21.7. The van der Waals surface area contributed by atoms with E-state index in [1.54, 1.807) is 0 Å². The van der Waals surface area contributed by atoms with Crippen LogP contribution in [0.4, 0.5) is 10.5 Å². The number of carbonyl (C=O) groups excluding carboxylic acids is 3. The highest BCUT2D eigenvalue weighted by Gasteiger charge is 2.52. The van der Waals surface area contributed by atoms with Crippen LogP contribution in [0.5, 0.6) is 0 Å². The Labute approximate surface area is 222 Å². The van der Waals surface area contributed by atoms with Crippen molar-refractivity contribution in [1.82, 2.24) is 26.3 Å². The summed E-state index contributed by atoms with van der Waals surface area (Å²) in [4.78, 5) is 45.9. The van der Waals surface area contributed by atoms with Crippen molar-refractivity contribution in [2.45, 2.75) is 76.4 Å². The number of thioether (sulfide) groups is 1. The molecule has 3 fully saturated rings. The van der Waals surface area contributed by atoms with E-state index in [1.807, 2.05) is 18.0 Å². The van der Waals surface area contributed by atoms with Gasteiger partial charge in [-0.25, -0.2) is 4.79 Å². The van der Waals surface area contributed by atoms with Crippen molar-refractivity contribution in [1.29, 1.82) is 0 Å². The van der Waals surface area contributed by atoms with Gasteiger partial charge in [-0.2, -0.15) is 0 Å². The molecule has 1 aromatic heterocycles. The van der Waals surface area contributed by atoms with Gasteiger partial charge in [0.15, 0.2) is 0 Å². The summed E-state index contributed by atoms with van der Waals surface area (Å²) in [6, 6.07) is 1.53. The summed E-state index contributed by atoms with van der Waals surface area (Å²) in [6.07, 6.45) is 7.30. The molecule has 3 aliphatic heterocycles. The third-order valence-electron chi connectivity index (χ3n) is 7.71. The summed E-state index contributed by atoms with van der Waals surface area (Å²) in [5.74, 6) is 0.0611. The zero-order chi connectivity index (χ0) is 26.3. The smallest absolute Gasteiger partial charge is 0.326 e. The molecule has 1 saturated carbocycles. The Kier molecular flexibility index (Phi) is 7.31. The van der Waals surface area contributed by atoms with Crippen LogP contribution in [0.2, 0.25) is 0 Å². The van der Waals surface area contributed by atoms with E-state index < -0.39 is 0 Å². The number of hydrogen-bond acceptors (Lipinski definition) is 6. The first kappa shape index (κ1) is 25.8. The summed E-state index contributed by atoms with van der Waals surface area (Å²) in [6.45, 7) is 10.7. The average Bonchev–Trinajstić information content (AvgIpc) is 3.44. The van der Waals surface area contributed by atoms with Crippen LogP contribution >= 0.6 is 11.8 Å². The molecule has 0 bridgehead atoms. The number of carbonyl (C=O) groups is 3. The molecule has 0 spiro atoms. The monoisotopic (exact) mass is 524 g/mol. The molecule has 1 aliphatic carbocycles. The minimum Gasteiger partial charge on any atom is -0.348 e. The lowest BCUT2D eigenvalue weighted by Gasteiger charge is -2.46. The van der Waals surface area contributed by atoms with Crippen LogP contribution in [0, 0.1) is 18.8 Å². The van der Waals surface area contributed by atoms with E-state index >= 15 is 0 Å². The third kappa shape index (κ3) is 5.01. The van der Waals surface area contributed by atoms with Gasteiger partial charge in [-0.15, -0.1) is 0 Å². The molecule has 2 saturated heterocycles. The number of nitrogens with zero attached hydrogens (tertiary/aromatic N) is 2. The fourth-order valence-corrected chi connectivity index (χ4v) is 7.47. The van der Waals surface area contributed by atoms with Gasteiger partial charge < -0.3 is 21.3 Å². The van der Waals surface area contributed by atoms with Gasteiger partial charge >= 0.3 is 6.03 Å². The van der Waals surface area contributed by atoms with Crippen LogP contribution in [-0.2, 0) is 16.0 Å². The standard InChI is InChI=1S/C27H36N6O3S/c1-5-21(34)30-17-7-6-8-18(17)31-25(35)24-23-22-19(9-10-28-26(22)37-24)33(27(36)32-23)20-13-29-16(11-14(2)3)12-15(20)4/h5,12-14,17-19,22,26,28H,1,6-11H2,2-4H3,(H,30,34)(H,31,35)(H,32,36)/t17-,18+,19?,22?,26?/m0/s1. The molecule has 198 valence electrons. The van der Waals surface area contributed by atoms with Crippen LogP contribution in [0.15, 0.2) is 35.5 Å². The minimum atomic E-state index is -0.233. The van der Waals surface area contributed by atoms with Crippen LogP contribution in [0.25, 0.3) is 0 Å². The van der Waals surface area contributed by atoms with Gasteiger partial charge in [0.25, 0.3) is 5.91 Å². The van der Waals surface area contributed by atoms with E-state index in [2.05, 4.69) is 52.7 Å². The molecule has 5 rings (SSSR count). The lowest BCUT2D eigenvalue weighted by Crippen LogP contribution is -2.62. The van der Waals surface area contributed by atoms with E-state index in [9.17, 15) is 14.4 Å². The maximum atomic E-state index is 13.5. The van der Waals surface area contributed by atoms with E-state index in [-0.39, 0.29) is 47.3 Å². The van der Waals surface area contributed by atoms with E-state index in [4.69, 9.17) is 0 Å². The first-order chi connectivity index (χ1) is 17.8. The lowest BCUT2D eigenvalue weighted by atomic mass is 9.86. The summed E-state index contributed by atoms with van der Waals surface area (Å²) in [5, 5.41) is 12.7. The van der Waals surface area contributed by atoms with Gasteiger partial charge in [0.05, 0.1) is 28.2 Å². The van der Waals surface area contributed by atoms with Crippen molar-refractivity contribution < 1.29 is 14.4 Å². The second-order valence-electron chi connectivity index (χ2n) is 10.8. The number of piperidine rings is 1. The molecule has 10 heteroatoms. The molecular weight excluding hydrogens is 488 g/mol. The van der Waals surface area contributed by atoms with Gasteiger partial charge in [-0.1, -0.05) is 32.2 Å². The average molecular weight is 525 g/mol. The largest absolute Gasteiger partial charge is 0.348 e. The number of amides is 4. The number of nitrogens with one attached hydrogen (secondary N) is 4. The van der Waals surface area contributed by atoms with Crippen LogP contribution < -0.4 is 26.2 Å². The molecule has 4 amide bonds. The first-order valence-electron chi connectivity index (χ1n) is 13.2. The molecule has 4 heterocycles. The predicted octanol–water partition coefficient (Wildman–Crippen LogP) is 2.72. The van der Waals surface area contributed by atoms with Crippen LogP contribution in [-0.4, -0.2) is 52.9 Å². The van der Waals surface area contributed by atoms with E-state index in [1.165, 1.54) is 17.8 Å². The second kappa shape index (κ2) is 10.5. The number of aromatic nitrogens is 1. The summed E-state index contributed by atoms with van der Waals surface area (Å²) in [7, 11) is 0. The Morgan fingerprint density at radius 2 is 2.03 bits per heavy atom.